The summed E-state index contributed by atoms with van der Waals surface area (Å²) in [6.45, 7) is 0. The molecule has 0 saturated carbocycles. The molecule has 1 aromatic rings. The van der Waals surface area contributed by atoms with E-state index < -0.39 is 5.82 Å². The summed E-state index contributed by atoms with van der Waals surface area (Å²) in [6, 6.07) is 4.73. The predicted octanol–water partition coefficient (Wildman–Crippen LogP) is 1.39. The van der Waals surface area contributed by atoms with Gasteiger partial charge in [0.2, 0.25) is 5.91 Å². The molecule has 2 rings (SSSR count). The lowest BCUT2D eigenvalue weighted by Crippen LogP contribution is -2.19. The molecule has 1 heterocycles. The summed E-state index contributed by atoms with van der Waals surface area (Å²) in [5.74, 6) is -0.120. The molecule has 0 aromatic heterocycles. The van der Waals surface area contributed by atoms with Gasteiger partial charge in [0.1, 0.15) is 0 Å². The van der Waals surface area contributed by atoms with Gasteiger partial charge in [0.05, 0.1) is 19.1 Å². The molecule has 0 unspecified atom stereocenters. The molecule has 1 aliphatic rings. The highest BCUT2D eigenvalue weighted by molar-refractivity contribution is 8.15. The van der Waals surface area contributed by atoms with Gasteiger partial charge in [0.15, 0.2) is 16.7 Å². The monoisotopic (exact) mass is 267 g/mol. The lowest BCUT2D eigenvalue weighted by Gasteiger charge is -2.02. The Balaban J connectivity index is 2.12. The number of hydrogen-bond donors (Lipinski definition) is 1. The minimum atomic E-state index is -0.493. The smallest absolute Gasteiger partial charge is 0.236 e. The largest absolute Gasteiger partial charge is 0.494 e. The van der Waals surface area contributed by atoms with Gasteiger partial charge in [0, 0.05) is 5.56 Å². The van der Waals surface area contributed by atoms with Crippen LogP contribution in [0.3, 0.4) is 0 Å². The summed E-state index contributed by atoms with van der Waals surface area (Å²) in [7, 11) is 1.39. The molecular weight excluding hydrogens is 257 g/mol. The van der Waals surface area contributed by atoms with Gasteiger partial charge in [-0.25, -0.2) is 4.39 Å². The number of ether oxygens (including phenoxy) is 1. The van der Waals surface area contributed by atoms with E-state index in [9.17, 15) is 9.18 Å². The van der Waals surface area contributed by atoms with Gasteiger partial charge in [-0.15, -0.1) is 5.10 Å². The zero-order chi connectivity index (χ0) is 13.0. The third-order valence-electron chi connectivity index (χ3n) is 2.14. The highest BCUT2D eigenvalue weighted by atomic mass is 32.2. The van der Waals surface area contributed by atoms with Crippen molar-refractivity contribution in [2.24, 2.45) is 10.2 Å². The van der Waals surface area contributed by atoms with E-state index in [1.807, 2.05) is 0 Å². The van der Waals surface area contributed by atoms with Crippen LogP contribution in [0.1, 0.15) is 5.56 Å². The van der Waals surface area contributed by atoms with Crippen molar-refractivity contribution in [3.8, 4) is 5.75 Å². The average molecular weight is 267 g/mol. The lowest BCUT2D eigenvalue weighted by atomic mass is 10.2. The molecule has 94 valence electrons. The Kier molecular flexibility index (Phi) is 3.93. The van der Waals surface area contributed by atoms with Crippen molar-refractivity contribution in [3.05, 3.63) is 29.6 Å². The maximum atomic E-state index is 13.7. The molecule has 0 atom stereocenters. The van der Waals surface area contributed by atoms with E-state index in [1.54, 1.807) is 12.1 Å². The summed E-state index contributed by atoms with van der Waals surface area (Å²) in [6.07, 6.45) is 1.27. The van der Waals surface area contributed by atoms with Crippen LogP contribution >= 0.6 is 11.8 Å². The molecule has 18 heavy (non-hydrogen) atoms. The number of rotatable bonds is 3. The van der Waals surface area contributed by atoms with E-state index in [0.717, 1.165) is 0 Å². The third kappa shape index (κ3) is 2.86. The first-order chi connectivity index (χ1) is 8.70. The average Bonchev–Trinajstić information content (AvgIpc) is 2.77. The van der Waals surface area contributed by atoms with Gasteiger partial charge in [-0.2, -0.15) is 5.10 Å². The van der Waals surface area contributed by atoms with Crippen LogP contribution in [-0.4, -0.2) is 30.2 Å². The van der Waals surface area contributed by atoms with Crippen molar-refractivity contribution in [2.75, 3.05) is 12.9 Å². The first kappa shape index (κ1) is 12.6. The first-order valence-electron chi connectivity index (χ1n) is 5.07. The Hall–Kier alpha value is -1.89. The van der Waals surface area contributed by atoms with Crippen LogP contribution in [0.4, 0.5) is 4.39 Å². The second-order valence-corrected chi connectivity index (χ2v) is 4.31. The molecule has 1 N–H and O–H groups in total. The summed E-state index contributed by atoms with van der Waals surface area (Å²) in [5, 5.41) is 10.4. The zero-order valence-electron chi connectivity index (χ0n) is 9.51. The number of carbonyl (C=O) groups excluding carboxylic acids is 1. The van der Waals surface area contributed by atoms with E-state index in [1.165, 1.54) is 31.2 Å². The zero-order valence-corrected chi connectivity index (χ0v) is 10.3. The quantitative estimate of drug-likeness (QED) is 0.665. The normalized spacial score (nSPS) is 17.4. The summed E-state index contributed by atoms with van der Waals surface area (Å²) in [5.41, 5.74) is 0.271. The van der Waals surface area contributed by atoms with Crippen LogP contribution in [0.5, 0.6) is 5.75 Å². The second-order valence-electron chi connectivity index (χ2n) is 3.35. The Morgan fingerprint density at radius 1 is 1.56 bits per heavy atom. The predicted molar refractivity (Wildman–Crippen MR) is 68.6 cm³/mol. The number of carbonyl (C=O) groups is 1. The van der Waals surface area contributed by atoms with Crippen molar-refractivity contribution >= 4 is 29.1 Å². The van der Waals surface area contributed by atoms with Crippen LogP contribution < -0.4 is 10.1 Å². The van der Waals surface area contributed by atoms with Crippen molar-refractivity contribution < 1.29 is 13.9 Å². The molecule has 0 bridgehead atoms. The molecule has 0 aliphatic carbocycles. The van der Waals surface area contributed by atoms with Gasteiger partial charge in [0.25, 0.3) is 0 Å². The maximum Gasteiger partial charge on any atom is 0.236 e. The van der Waals surface area contributed by atoms with Crippen molar-refractivity contribution in [1.29, 1.82) is 0 Å². The number of nitrogens with one attached hydrogen (secondary N) is 1. The first-order valence-corrected chi connectivity index (χ1v) is 6.05. The molecule has 1 saturated heterocycles. The molecule has 1 aromatic carbocycles. The SMILES string of the molecule is COc1cccc(C=NN=C2NC(=O)CS2)c1F. The Labute approximate surface area is 107 Å². The topological polar surface area (TPSA) is 63.1 Å². The van der Waals surface area contributed by atoms with Crippen molar-refractivity contribution in [1.82, 2.24) is 5.32 Å². The minimum absolute atomic E-state index is 0.110. The molecule has 0 spiro atoms. The van der Waals surface area contributed by atoms with Crippen LogP contribution in [0.2, 0.25) is 0 Å². The van der Waals surface area contributed by atoms with Crippen LogP contribution in [0, 0.1) is 5.82 Å². The molecule has 1 fully saturated rings. The molecule has 7 heteroatoms. The van der Waals surface area contributed by atoms with Gasteiger partial charge in [-0.3, -0.25) is 4.79 Å². The van der Waals surface area contributed by atoms with Crippen molar-refractivity contribution in [3.63, 3.8) is 0 Å². The van der Waals surface area contributed by atoms with Gasteiger partial charge < -0.3 is 10.1 Å². The number of halogens is 1. The maximum absolute atomic E-state index is 13.7. The van der Waals surface area contributed by atoms with Crippen LogP contribution in [0.15, 0.2) is 28.4 Å². The second kappa shape index (κ2) is 5.63. The van der Waals surface area contributed by atoms with Crippen LogP contribution in [-0.2, 0) is 4.79 Å². The van der Waals surface area contributed by atoms with E-state index >= 15 is 0 Å². The number of amidine groups is 1. The van der Waals surface area contributed by atoms with E-state index in [2.05, 4.69) is 15.5 Å². The minimum Gasteiger partial charge on any atom is -0.494 e. The van der Waals surface area contributed by atoms with Gasteiger partial charge in [-0.1, -0.05) is 23.9 Å². The number of thioether (sulfide) groups is 1. The summed E-state index contributed by atoms with van der Waals surface area (Å²) < 4.78 is 18.5. The number of methoxy groups -OCH3 is 1. The van der Waals surface area contributed by atoms with Gasteiger partial charge >= 0.3 is 0 Å². The Bertz CT molecular complexity index is 531. The highest BCUT2D eigenvalue weighted by Crippen LogP contribution is 2.18. The molecule has 5 nitrogen and oxygen atoms in total. The fraction of sp³-hybridized carbons (Fsp3) is 0.182. The molecule has 1 amide bonds. The fourth-order valence-corrected chi connectivity index (χ4v) is 1.94. The summed E-state index contributed by atoms with van der Waals surface area (Å²) in [4.78, 5) is 10.9. The highest BCUT2D eigenvalue weighted by Gasteiger charge is 2.16. The van der Waals surface area contributed by atoms with Crippen molar-refractivity contribution in [2.45, 2.75) is 0 Å². The summed E-state index contributed by atoms with van der Waals surface area (Å²) >= 11 is 1.25. The number of nitrogens with zero attached hydrogens (tertiary/aromatic N) is 2. The standard InChI is InChI=1S/C11H10FN3O2S/c1-17-8-4-2-3-7(10(8)12)5-13-15-11-14-9(16)6-18-11/h2-5H,6H2,1H3,(H,14,15,16). The van der Waals surface area contributed by atoms with E-state index in [0.29, 0.717) is 10.9 Å². The van der Waals surface area contributed by atoms with E-state index in [4.69, 9.17) is 4.74 Å². The van der Waals surface area contributed by atoms with Gasteiger partial charge in [-0.05, 0) is 6.07 Å². The third-order valence-corrected chi connectivity index (χ3v) is 3.01. The molecule has 0 radical (unpaired) electrons. The molecule has 1 aliphatic heterocycles. The number of benzene rings is 1. The van der Waals surface area contributed by atoms with E-state index in [-0.39, 0.29) is 17.2 Å². The fourth-order valence-electron chi connectivity index (χ4n) is 1.31. The Morgan fingerprint density at radius 2 is 2.39 bits per heavy atom. The van der Waals surface area contributed by atoms with Crippen LogP contribution in [0.25, 0.3) is 0 Å². The Morgan fingerprint density at radius 3 is 3.06 bits per heavy atom. The number of amides is 1. The lowest BCUT2D eigenvalue weighted by molar-refractivity contribution is -0.116. The number of hydrogen-bond acceptors (Lipinski definition) is 5. The molecular formula is C11H10FN3O2S.